The minimum absolute atomic E-state index is 0.0134. The summed E-state index contributed by atoms with van der Waals surface area (Å²) in [5, 5.41) is 12.5. The lowest BCUT2D eigenvalue weighted by atomic mass is 10.0. The van der Waals surface area contributed by atoms with Crippen molar-refractivity contribution in [2.45, 2.75) is 19.8 Å². The minimum Gasteiger partial charge on any atom is -0.364 e. The average Bonchev–Trinajstić information content (AvgIpc) is 3.27. The van der Waals surface area contributed by atoms with Gasteiger partial charge in [0.1, 0.15) is 0 Å². The van der Waals surface area contributed by atoms with Crippen LogP contribution in [0.4, 0.5) is 0 Å². The van der Waals surface area contributed by atoms with Crippen LogP contribution in [0.1, 0.15) is 44.7 Å². The Hall–Kier alpha value is -3.42. The lowest BCUT2D eigenvalue weighted by Crippen LogP contribution is -2.19. The van der Waals surface area contributed by atoms with Gasteiger partial charge in [-0.2, -0.15) is 5.21 Å². The van der Waals surface area contributed by atoms with Crippen LogP contribution in [0.3, 0.4) is 0 Å². The SMILES string of the molecule is CC(=O)c1ccc(Cc2cc[nH]c2CC(=O)C(=O)c2nn[nH]n2)cc1. The van der Waals surface area contributed by atoms with Gasteiger partial charge in [0.15, 0.2) is 5.78 Å². The summed E-state index contributed by atoms with van der Waals surface area (Å²) in [5.41, 5.74) is 3.23. The fraction of sp³-hybridized carbons (Fsp3) is 0.176. The van der Waals surface area contributed by atoms with Crippen molar-refractivity contribution in [1.82, 2.24) is 25.6 Å². The van der Waals surface area contributed by atoms with Crippen molar-refractivity contribution in [2.24, 2.45) is 0 Å². The third-order valence-electron chi connectivity index (χ3n) is 3.82. The molecule has 3 aromatic rings. The third kappa shape index (κ3) is 3.74. The number of nitrogens with zero attached hydrogens (tertiary/aromatic N) is 3. The fourth-order valence-corrected chi connectivity index (χ4v) is 2.47. The molecule has 2 heterocycles. The van der Waals surface area contributed by atoms with Gasteiger partial charge in [-0.25, -0.2) is 0 Å². The Kier molecular flexibility index (Phi) is 4.60. The van der Waals surface area contributed by atoms with Crippen LogP contribution < -0.4 is 0 Å². The first-order chi connectivity index (χ1) is 12.0. The van der Waals surface area contributed by atoms with Crippen LogP contribution >= 0.6 is 0 Å². The first-order valence-corrected chi connectivity index (χ1v) is 7.60. The number of carbonyl (C=O) groups is 3. The molecule has 0 unspecified atom stereocenters. The molecule has 126 valence electrons. The van der Waals surface area contributed by atoms with Crippen molar-refractivity contribution in [3.05, 3.63) is 64.7 Å². The number of Topliss-reactive ketones (excluding diaryl/α,β-unsaturated/α-hetero) is 3. The van der Waals surface area contributed by atoms with E-state index in [9.17, 15) is 14.4 Å². The zero-order chi connectivity index (χ0) is 17.8. The molecule has 0 bridgehead atoms. The summed E-state index contributed by atoms with van der Waals surface area (Å²) >= 11 is 0. The van der Waals surface area contributed by atoms with Crippen LogP contribution in [0.5, 0.6) is 0 Å². The van der Waals surface area contributed by atoms with Gasteiger partial charge in [0.2, 0.25) is 11.6 Å². The van der Waals surface area contributed by atoms with Crippen molar-refractivity contribution in [3.8, 4) is 0 Å². The third-order valence-corrected chi connectivity index (χ3v) is 3.82. The van der Waals surface area contributed by atoms with Crippen molar-refractivity contribution in [3.63, 3.8) is 0 Å². The van der Waals surface area contributed by atoms with Crippen LogP contribution in [0.2, 0.25) is 0 Å². The maximum Gasteiger partial charge on any atom is 0.269 e. The van der Waals surface area contributed by atoms with E-state index in [-0.39, 0.29) is 18.0 Å². The van der Waals surface area contributed by atoms with Crippen molar-refractivity contribution < 1.29 is 14.4 Å². The normalized spacial score (nSPS) is 10.6. The van der Waals surface area contributed by atoms with E-state index in [1.54, 1.807) is 18.3 Å². The molecule has 0 radical (unpaired) electrons. The second-order valence-electron chi connectivity index (χ2n) is 5.58. The Morgan fingerprint density at radius 1 is 1.08 bits per heavy atom. The van der Waals surface area contributed by atoms with Crippen molar-refractivity contribution in [1.29, 1.82) is 0 Å². The standard InChI is InChI=1S/C17H15N5O3/c1-10(23)12-4-2-11(3-5-12)8-13-6-7-18-14(13)9-15(24)16(25)17-19-21-22-20-17/h2-7,18H,8-9H2,1H3,(H,19,20,21,22). The molecule has 2 aromatic heterocycles. The molecule has 0 spiro atoms. The van der Waals surface area contributed by atoms with Gasteiger partial charge in [0, 0.05) is 17.5 Å². The van der Waals surface area contributed by atoms with E-state index >= 15 is 0 Å². The Balaban J connectivity index is 1.71. The van der Waals surface area contributed by atoms with Crippen LogP contribution in [0, 0.1) is 0 Å². The number of aromatic nitrogens is 5. The van der Waals surface area contributed by atoms with Gasteiger partial charge in [-0.05, 0) is 35.8 Å². The largest absolute Gasteiger partial charge is 0.364 e. The number of hydrogen-bond donors (Lipinski definition) is 2. The first-order valence-electron chi connectivity index (χ1n) is 7.60. The van der Waals surface area contributed by atoms with Gasteiger partial charge in [-0.1, -0.05) is 24.3 Å². The van der Waals surface area contributed by atoms with E-state index in [0.717, 1.165) is 11.1 Å². The molecule has 1 aromatic carbocycles. The summed E-state index contributed by atoms with van der Waals surface area (Å²) in [6.07, 6.45) is 2.24. The van der Waals surface area contributed by atoms with E-state index in [1.165, 1.54) is 6.92 Å². The number of H-pyrrole nitrogens is 2. The summed E-state index contributed by atoms with van der Waals surface area (Å²) in [6, 6.07) is 9.16. The topological polar surface area (TPSA) is 121 Å². The molecule has 0 aliphatic heterocycles. The van der Waals surface area contributed by atoms with Crippen molar-refractivity contribution >= 4 is 17.3 Å². The number of hydrogen-bond acceptors (Lipinski definition) is 6. The Morgan fingerprint density at radius 2 is 1.84 bits per heavy atom. The van der Waals surface area contributed by atoms with E-state index in [2.05, 4.69) is 25.6 Å². The lowest BCUT2D eigenvalue weighted by molar-refractivity contribution is -0.114. The highest BCUT2D eigenvalue weighted by molar-refractivity contribution is 6.43. The smallest absolute Gasteiger partial charge is 0.269 e. The molecule has 0 atom stereocenters. The second kappa shape index (κ2) is 7.00. The minimum atomic E-state index is -0.778. The summed E-state index contributed by atoms with van der Waals surface area (Å²) in [4.78, 5) is 38.3. The lowest BCUT2D eigenvalue weighted by Gasteiger charge is -2.04. The van der Waals surface area contributed by atoms with E-state index in [4.69, 9.17) is 0 Å². The Bertz CT molecular complexity index is 910. The summed E-state index contributed by atoms with van der Waals surface area (Å²) in [6.45, 7) is 1.52. The van der Waals surface area contributed by atoms with Gasteiger partial charge >= 0.3 is 0 Å². The molecule has 0 aliphatic carbocycles. The molecule has 0 aliphatic rings. The van der Waals surface area contributed by atoms with Gasteiger partial charge in [-0.15, -0.1) is 10.2 Å². The highest BCUT2D eigenvalue weighted by Gasteiger charge is 2.22. The average molecular weight is 337 g/mol. The summed E-state index contributed by atoms with van der Waals surface area (Å²) in [5.74, 6) is -1.62. The van der Waals surface area contributed by atoms with Gasteiger partial charge < -0.3 is 4.98 Å². The summed E-state index contributed by atoms with van der Waals surface area (Å²) < 4.78 is 0. The molecule has 25 heavy (non-hydrogen) atoms. The molecule has 0 fully saturated rings. The molecule has 8 nitrogen and oxygen atoms in total. The number of nitrogens with one attached hydrogen (secondary N) is 2. The number of carbonyl (C=O) groups excluding carboxylic acids is 3. The van der Waals surface area contributed by atoms with Crippen molar-refractivity contribution in [2.75, 3.05) is 0 Å². The van der Waals surface area contributed by atoms with Crippen LogP contribution in [-0.4, -0.2) is 43.0 Å². The predicted molar refractivity (Wildman–Crippen MR) is 87.3 cm³/mol. The maximum atomic E-state index is 12.1. The van der Waals surface area contributed by atoms with Gasteiger partial charge in [0.25, 0.3) is 5.78 Å². The number of aromatic amines is 2. The number of rotatable bonds is 7. The monoisotopic (exact) mass is 337 g/mol. The zero-order valence-corrected chi connectivity index (χ0v) is 13.4. The molecule has 8 heteroatoms. The molecule has 3 rings (SSSR count). The number of tetrazole rings is 1. The summed E-state index contributed by atoms with van der Waals surface area (Å²) in [7, 11) is 0. The molecule has 2 N–H and O–H groups in total. The quantitative estimate of drug-likeness (QED) is 0.495. The molecule has 0 saturated heterocycles. The predicted octanol–water partition coefficient (Wildman–Crippen LogP) is 1.32. The van der Waals surface area contributed by atoms with Crippen LogP contribution in [-0.2, 0) is 17.6 Å². The number of ketones is 3. The van der Waals surface area contributed by atoms with Gasteiger partial charge in [-0.3, -0.25) is 14.4 Å². The van der Waals surface area contributed by atoms with E-state index < -0.39 is 11.6 Å². The first kappa shape index (κ1) is 16.4. The van der Waals surface area contributed by atoms with Gasteiger partial charge in [0.05, 0.1) is 6.42 Å². The maximum absolute atomic E-state index is 12.1. The highest BCUT2D eigenvalue weighted by Crippen LogP contribution is 2.16. The van der Waals surface area contributed by atoms with Crippen LogP contribution in [0.25, 0.3) is 0 Å². The molecular formula is C17H15N5O3. The van der Waals surface area contributed by atoms with E-state index in [0.29, 0.717) is 17.7 Å². The molecule has 0 saturated carbocycles. The highest BCUT2D eigenvalue weighted by atomic mass is 16.2. The number of benzene rings is 1. The Morgan fingerprint density at radius 3 is 2.48 bits per heavy atom. The fourth-order valence-electron chi connectivity index (χ4n) is 2.47. The molecule has 0 amide bonds. The molecular weight excluding hydrogens is 322 g/mol. The van der Waals surface area contributed by atoms with Crippen LogP contribution in [0.15, 0.2) is 36.5 Å². The Labute approximate surface area is 142 Å². The second-order valence-corrected chi connectivity index (χ2v) is 5.58. The zero-order valence-electron chi connectivity index (χ0n) is 13.4. The van der Waals surface area contributed by atoms with E-state index in [1.807, 2.05) is 18.2 Å².